The molecule has 2 aromatic rings. The van der Waals surface area contributed by atoms with Crippen LogP contribution in [-0.4, -0.2) is 10.4 Å². The third kappa shape index (κ3) is 0.849. The van der Waals surface area contributed by atoms with Crippen molar-refractivity contribution in [3.05, 3.63) is 23.8 Å². The minimum absolute atomic E-state index is 0.143. The first-order valence-corrected chi connectivity index (χ1v) is 2.84. The summed E-state index contributed by atoms with van der Waals surface area (Å²) >= 11 is 0. The second kappa shape index (κ2) is 1.98. The molecule has 0 radical (unpaired) electrons. The van der Waals surface area contributed by atoms with Gasteiger partial charge in [0.25, 0.3) is 0 Å². The minimum Gasteiger partial charge on any atom is -0.337 e. The highest BCUT2D eigenvalue weighted by Gasteiger charge is 2.07. The molecule has 2 rings (SSSR count). The Morgan fingerprint density at radius 1 is 1.18 bits per heavy atom. The number of halogens is 2. The highest BCUT2D eigenvalue weighted by Crippen LogP contribution is 2.14. The Morgan fingerprint density at radius 3 is 2.73 bits per heavy atom. The van der Waals surface area contributed by atoms with E-state index < -0.39 is 11.6 Å². The summed E-state index contributed by atoms with van der Waals surface area (Å²) < 4.78 is 29.4. The largest absolute Gasteiger partial charge is 0.337 e. The maximum Gasteiger partial charge on any atom is 0.190 e. The van der Waals surface area contributed by atoms with Crippen LogP contribution in [0.1, 0.15) is 0 Å². The van der Waals surface area contributed by atoms with Crippen molar-refractivity contribution >= 4 is 11.1 Å². The van der Waals surface area contributed by atoms with Crippen LogP contribution in [0.4, 0.5) is 8.78 Å². The van der Waals surface area contributed by atoms with Gasteiger partial charge in [0.1, 0.15) is 5.52 Å². The Bertz CT molecular complexity index is 362. The molecule has 0 aliphatic carbocycles. The van der Waals surface area contributed by atoms with Gasteiger partial charge in [-0.25, -0.2) is 8.78 Å². The maximum absolute atomic E-state index is 12.4. The van der Waals surface area contributed by atoms with Crippen LogP contribution in [0.25, 0.3) is 11.1 Å². The SMILES string of the molecule is Fc1cc2nnoc2cc1F. The van der Waals surface area contributed by atoms with Gasteiger partial charge in [-0.05, 0) is 0 Å². The first-order valence-electron chi connectivity index (χ1n) is 2.84. The third-order valence-corrected chi connectivity index (χ3v) is 1.29. The lowest BCUT2D eigenvalue weighted by molar-refractivity contribution is 0.422. The average Bonchev–Trinajstić information content (AvgIpc) is 2.36. The zero-order valence-corrected chi connectivity index (χ0v) is 5.21. The molecule has 1 aromatic carbocycles. The fourth-order valence-electron chi connectivity index (χ4n) is 0.778. The molecule has 0 bridgehead atoms. The van der Waals surface area contributed by atoms with Crippen molar-refractivity contribution in [2.75, 3.05) is 0 Å². The number of aromatic nitrogens is 2. The summed E-state index contributed by atoms with van der Waals surface area (Å²) in [5.41, 5.74) is 0.354. The lowest BCUT2D eigenvalue weighted by Crippen LogP contribution is -1.81. The van der Waals surface area contributed by atoms with Crippen LogP contribution in [-0.2, 0) is 0 Å². The minimum atomic E-state index is -0.962. The molecule has 3 nitrogen and oxygen atoms in total. The van der Waals surface area contributed by atoms with Crippen LogP contribution in [0.15, 0.2) is 16.7 Å². The van der Waals surface area contributed by atoms with Gasteiger partial charge in [-0.1, -0.05) is 0 Å². The van der Waals surface area contributed by atoms with Gasteiger partial charge in [0.05, 0.1) is 0 Å². The monoisotopic (exact) mass is 156 g/mol. The summed E-state index contributed by atoms with van der Waals surface area (Å²) in [7, 11) is 0. The Morgan fingerprint density at radius 2 is 1.91 bits per heavy atom. The number of benzene rings is 1. The lowest BCUT2D eigenvalue weighted by Gasteiger charge is -1.87. The van der Waals surface area contributed by atoms with E-state index in [9.17, 15) is 8.78 Å². The van der Waals surface area contributed by atoms with E-state index in [2.05, 4.69) is 14.9 Å². The van der Waals surface area contributed by atoms with Crippen molar-refractivity contribution in [1.29, 1.82) is 0 Å². The number of hydrogen-bond acceptors (Lipinski definition) is 3. The molecule has 0 unspecified atom stereocenters. The van der Waals surface area contributed by atoms with E-state index >= 15 is 0 Å². The average molecular weight is 156 g/mol. The van der Waals surface area contributed by atoms with Crippen LogP contribution < -0.4 is 0 Å². The predicted molar refractivity (Wildman–Crippen MR) is 31.7 cm³/mol. The van der Waals surface area contributed by atoms with E-state index in [1.807, 2.05) is 0 Å². The Labute approximate surface area is 59.6 Å². The first-order chi connectivity index (χ1) is 5.27. The smallest absolute Gasteiger partial charge is 0.190 e. The third-order valence-electron chi connectivity index (χ3n) is 1.29. The van der Waals surface area contributed by atoms with Gasteiger partial charge in [0.2, 0.25) is 0 Å². The van der Waals surface area contributed by atoms with Gasteiger partial charge in [-0.15, -0.1) is 5.10 Å². The zero-order chi connectivity index (χ0) is 7.84. The zero-order valence-electron chi connectivity index (χ0n) is 5.21. The number of fused-ring (bicyclic) bond motifs is 1. The van der Waals surface area contributed by atoms with Gasteiger partial charge in [-0.3, -0.25) is 0 Å². The van der Waals surface area contributed by atoms with E-state index in [0.717, 1.165) is 12.1 Å². The van der Waals surface area contributed by atoms with E-state index in [4.69, 9.17) is 0 Å². The Kier molecular flexibility index (Phi) is 1.12. The molecule has 0 amide bonds. The van der Waals surface area contributed by atoms with Crippen molar-refractivity contribution in [1.82, 2.24) is 10.4 Å². The van der Waals surface area contributed by atoms with Gasteiger partial charge >= 0.3 is 0 Å². The normalized spacial score (nSPS) is 10.7. The molecule has 0 aliphatic heterocycles. The maximum atomic E-state index is 12.4. The summed E-state index contributed by atoms with van der Waals surface area (Å²) in [5.74, 6) is -1.91. The summed E-state index contributed by atoms with van der Waals surface area (Å²) in [5, 5.41) is 6.52. The Balaban J connectivity index is 2.86. The summed E-state index contributed by atoms with van der Waals surface area (Å²) in [6, 6.07) is 1.84. The second-order valence-electron chi connectivity index (χ2n) is 2.01. The van der Waals surface area contributed by atoms with Crippen LogP contribution >= 0.6 is 0 Å². The van der Waals surface area contributed by atoms with Crippen molar-refractivity contribution in [3.8, 4) is 0 Å². The molecule has 0 N–H and O–H groups in total. The van der Waals surface area contributed by atoms with E-state index in [1.54, 1.807) is 0 Å². The number of rotatable bonds is 0. The van der Waals surface area contributed by atoms with Crippen molar-refractivity contribution < 1.29 is 13.3 Å². The van der Waals surface area contributed by atoms with Crippen molar-refractivity contribution in [2.24, 2.45) is 0 Å². The number of nitrogens with zero attached hydrogens (tertiary/aromatic N) is 2. The predicted octanol–water partition coefficient (Wildman–Crippen LogP) is 1.50. The highest BCUT2D eigenvalue weighted by molar-refractivity contribution is 5.71. The molecule has 1 aromatic heterocycles. The molecular weight excluding hydrogens is 154 g/mol. The fourth-order valence-corrected chi connectivity index (χ4v) is 0.778. The van der Waals surface area contributed by atoms with Crippen molar-refractivity contribution in [2.45, 2.75) is 0 Å². The molecule has 56 valence electrons. The van der Waals surface area contributed by atoms with Crippen LogP contribution in [0.2, 0.25) is 0 Å². The molecule has 5 heteroatoms. The summed E-state index contributed by atoms with van der Waals surface area (Å²) in [6.45, 7) is 0. The molecule has 11 heavy (non-hydrogen) atoms. The topological polar surface area (TPSA) is 38.9 Å². The van der Waals surface area contributed by atoms with E-state index in [-0.39, 0.29) is 11.1 Å². The molecule has 0 fully saturated rings. The standard InChI is InChI=1S/C6H2F2N2O/c7-3-1-5-6(2-4(3)8)11-10-9-5/h1-2H. The van der Waals surface area contributed by atoms with Gasteiger partial charge in [-0.2, -0.15) is 0 Å². The molecule has 0 saturated carbocycles. The van der Waals surface area contributed by atoms with Crippen LogP contribution in [0.3, 0.4) is 0 Å². The summed E-state index contributed by atoms with van der Waals surface area (Å²) in [4.78, 5) is 0. The van der Waals surface area contributed by atoms with Gasteiger partial charge < -0.3 is 4.52 Å². The molecule has 0 atom stereocenters. The van der Waals surface area contributed by atoms with Crippen molar-refractivity contribution in [3.63, 3.8) is 0 Å². The fraction of sp³-hybridized carbons (Fsp3) is 0. The number of hydrogen-bond donors (Lipinski definition) is 0. The molecule has 0 spiro atoms. The van der Waals surface area contributed by atoms with Crippen LogP contribution in [0, 0.1) is 11.6 Å². The quantitative estimate of drug-likeness (QED) is 0.580. The first kappa shape index (κ1) is 6.21. The highest BCUT2D eigenvalue weighted by atomic mass is 19.2. The van der Waals surface area contributed by atoms with Gasteiger partial charge in [0, 0.05) is 17.4 Å². The second-order valence-corrected chi connectivity index (χ2v) is 2.01. The Hall–Kier alpha value is -1.52. The molecule has 1 heterocycles. The summed E-state index contributed by atoms with van der Waals surface area (Å²) in [6.07, 6.45) is 0. The molecule has 0 aliphatic rings. The van der Waals surface area contributed by atoms with E-state index in [1.165, 1.54) is 0 Å². The van der Waals surface area contributed by atoms with E-state index in [0.29, 0.717) is 0 Å². The van der Waals surface area contributed by atoms with Gasteiger partial charge in [0.15, 0.2) is 17.2 Å². The molecule has 0 saturated heterocycles. The lowest BCUT2D eigenvalue weighted by atomic mass is 10.3. The molecular formula is C6H2F2N2O. The van der Waals surface area contributed by atoms with Crippen LogP contribution in [0.5, 0.6) is 0 Å².